The first-order valence-electron chi connectivity index (χ1n) is 9.37. The Hall–Kier alpha value is -2.15. The second-order valence-corrected chi connectivity index (χ2v) is 8.90. The van der Waals surface area contributed by atoms with Gasteiger partial charge in [-0.1, -0.05) is 54.2 Å². The highest BCUT2D eigenvalue weighted by atomic mass is 32.2. The maximum absolute atomic E-state index is 13.2. The molecule has 6 heteroatoms. The van der Waals surface area contributed by atoms with Gasteiger partial charge in [0.25, 0.3) is 5.56 Å². The topological polar surface area (TPSA) is 38.1 Å². The van der Waals surface area contributed by atoms with Gasteiger partial charge in [0.05, 0.1) is 5.39 Å². The molecule has 4 nitrogen and oxygen atoms in total. The van der Waals surface area contributed by atoms with Gasteiger partial charge in [0.15, 0.2) is 5.16 Å². The van der Waals surface area contributed by atoms with Gasteiger partial charge in [0.2, 0.25) is 0 Å². The van der Waals surface area contributed by atoms with Gasteiger partial charge in [-0.05, 0) is 17.5 Å². The molecule has 0 unspecified atom stereocenters. The second kappa shape index (κ2) is 8.47. The fourth-order valence-electron chi connectivity index (χ4n) is 3.62. The van der Waals surface area contributed by atoms with Crippen molar-refractivity contribution in [2.75, 3.05) is 12.3 Å². The lowest BCUT2D eigenvalue weighted by Crippen LogP contribution is -2.30. The van der Waals surface area contributed by atoms with Gasteiger partial charge < -0.3 is 0 Å². The molecule has 0 fully saturated rings. The van der Waals surface area contributed by atoms with Crippen LogP contribution < -0.4 is 5.56 Å². The number of hydrogen-bond donors (Lipinski definition) is 0. The van der Waals surface area contributed by atoms with Crippen LogP contribution >= 0.6 is 23.1 Å². The summed E-state index contributed by atoms with van der Waals surface area (Å²) in [6, 6.07) is 10.5. The van der Waals surface area contributed by atoms with Gasteiger partial charge in [0.1, 0.15) is 4.83 Å². The quantitative estimate of drug-likeness (QED) is 0.328. The average Bonchev–Trinajstić information content (AvgIpc) is 3.07. The minimum absolute atomic E-state index is 0.0606. The Morgan fingerprint density at radius 2 is 2.04 bits per heavy atom. The summed E-state index contributed by atoms with van der Waals surface area (Å²) in [7, 11) is 0. The van der Waals surface area contributed by atoms with Gasteiger partial charge in [0, 0.05) is 36.8 Å². The third-order valence-corrected chi connectivity index (χ3v) is 6.98. The fourth-order valence-corrected chi connectivity index (χ4v) is 5.67. The van der Waals surface area contributed by atoms with Crippen molar-refractivity contribution in [3.63, 3.8) is 0 Å². The highest BCUT2D eigenvalue weighted by molar-refractivity contribution is 7.99. The molecule has 4 rings (SSSR count). The minimum Gasteiger partial charge on any atom is -0.294 e. The van der Waals surface area contributed by atoms with Crippen molar-refractivity contribution in [1.82, 2.24) is 14.5 Å². The molecular weight excluding hydrogens is 386 g/mol. The Morgan fingerprint density at radius 1 is 1.21 bits per heavy atom. The predicted octanol–water partition coefficient (Wildman–Crippen LogP) is 4.48. The van der Waals surface area contributed by atoms with Gasteiger partial charge >= 0.3 is 0 Å². The Morgan fingerprint density at radius 3 is 2.79 bits per heavy atom. The van der Waals surface area contributed by atoms with Gasteiger partial charge in [-0.2, -0.15) is 0 Å². The zero-order chi connectivity index (χ0) is 19.5. The van der Waals surface area contributed by atoms with E-state index < -0.39 is 0 Å². The van der Waals surface area contributed by atoms with E-state index >= 15 is 0 Å². The lowest BCUT2D eigenvalue weighted by molar-refractivity contribution is 0.249. The number of rotatable bonds is 7. The lowest BCUT2D eigenvalue weighted by atomic mass is 10.0. The number of benzene rings is 1. The molecule has 1 aliphatic heterocycles. The molecule has 0 saturated heterocycles. The zero-order valence-electron chi connectivity index (χ0n) is 15.8. The number of thioether (sulfide) groups is 1. The van der Waals surface area contributed by atoms with Crippen LogP contribution in [0.2, 0.25) is 0 Å². The van der Waals surface area contributed by atoms with Gasteiger partial charge in [-0.25, -0.2) is 4.98 Å². The maximum Gasteiger partial charge on any atom is 0.263 e. The van der Waals surface area contributed by atoms with E-state index in [0.29, 0.717) is 6.54 Å². The van der Waals surface area contributed by atoms with Crippen LogP contribution in [0, 0.1) is 0 Å². The summed E-state index contributed by atoms with van der Waals surface area (Å²) in [6.07, 6.45) is 4.49. The molecule has 0 bridgehead atoms. The fraction of sp³-hybridized carbons (Fsp3) is 0.273. The van der Waals surface area contributed by atoms with Crippen molar-refractivity contribution in [3.05, 3.63) is 82.0 Å². The lowest BCUT2D eigenvalue weighted by Gasteiger charge is -2.26. The first-order valence-corrected chi connectivity index (χ1v) is 11.2. The number of thiophene rings is 1. The number of nitrogens with zero attached hydrogens (tertiary/aromatic N) is 3. The molecule has 3 aromatic rings. The minimum atomic E-state index is 0.0606. The van der Waals surface area contributed by atoms with E-state index in [4.69, 9.17) is 4.98 Å². The Balaban J connectivity index is 1.70. The molecular formula is C22H23N3OS2. The Labute approximate surface area is 173 Å². The molecule has 0 atom stereocenters. The summed E-state index contributed by atoms with van der Waals surface area (Å²) in [5.41, 5.74) is 2.58. The average molecular weight is 410 g/mol. The third kappa shape index (κ3) is 3.72. The summed E-state index contributed by atoms with van der Waals surface area (Å²) < 4.78 is 1.74. The van der Waals surface area contributed by atoms with E-state index in [1.54, 1.807) is 33.7 Å². The molecule has 28 heavy (non-hydrogen) atoms. The van der Waals surface area contributed by atoms with Crippen LogP contribution in [0.15, 0.2) is 65.6 Å². The molecule has 1 aliphatic rings. The van der Waals surface area contributed by atoms with Crippen molar-refractivity contribution in [2.24, 2.45) is 0 Å². The number of hydrogen-bond acceptors (Lipinski definition) is 5. The van der Waals surface area contributed by atoms with Gasteiger partial charge in [-0.3, -0.25) is 14.3 Å². The molecule has 2 aromatic heterocycles. The molecule has 0 amide bonds. The van der Waals surface area contributed by atoms with Crippen LogP contribution in [0.25, 0.3) is 10.2 Å². The van der Waals surface area contributed by atoms with E-state index in [0.717, 1.165) is 47.2 Å². The summed E-state index contributed by atoms with van der Waals surface area (Å²) in [4.78, 5) is 22.7. The zero-order valence-corrected chi connectivity index (χ0v) is 17.4. The van der Waals surface area contributed by atoms with Crippen molar-refractivity contribution in [1.29, 1.82) is 0 Å². The Bertz CT molecular complexity index is 1070. The molecule has 0 N–H and O–H groups in total. The van der Waals surface area contributed by atoms with Gasteiger partial charge in [-0.15, -0.1) is 24.5 Å². The number of allylic oxidation sites excluding steroid dienone is 1. The molecule has 0 saturated carbocycles. The van der Waals surface area contributed by atoms with E-state index in [2.05, 4.69) is 42.3 Å². The highest BCUT2D eigenvalue weighted by Gasteiger charge is 2.25. The van der Waals surface area contributed by atoms with Crippen LogP contribution in [-0.4, -0.2) is 26.7 Å². The summed E-state index contributed by atoms with van der Waals surface area (Å²) in [6.45, 7) is 10.8. The first kappa shape index (κ1) is 19.2. The SMILES string of the molecule is C=CCSc1nc2sc3c(c2c(=O)n1CC=C)CCN(Cc1ccccc1)C3. The summed E-state index contributed by atoms with van der Waals surface area (Å²) >= 11 is 3.22. The molecule has 3 heterocycles. The first-order chi connectivity index (χ1) is 13.7. The monoisotopic (exact) mass is 409 g/mol. The third-order valence-electron chi connectivity index (χ3n) is 4.90. The van der Waals surface area contributed by atoms with E-state index in [1.165, 1.54) is 16.0 Å². The molecule has 144 valence electrons. The van der Waals surface area contributed by atoms with Crippen LogP contribution in [0.3, 0.4) is 0 Å². The molecule has 0 radical (unpaired) electrons. The smallest absolute Gasteiger partial charge is 0.263 e. The molecule has 1 aromatic carbocycles. The van der Waals surface area contributed by atoms with Crippen molar-refractivity contribution >= 4 is 33.3 Å². The molecule has 0 spiro atoms. The summed E-state index contributed by atoms with van der Waals surface area (Å²) in [5, 5.41) is 1.56. The van der Waals surface area contributed by atoms with Crippen LogP contribution in [0.5, 0.6) is 0 Å². The Kier molecular flexibility index (Phi) is 5.80. The van der Waals surface area contributed by atoms with Crippen molar-refractivity contribution in [3.8, 4) is 0 Å². The van der Waals surface area contributed by atoms with Crippen LogP contribution in [0.1, 0.15) is 16.0 Å². The number of aromatic nitrogens is 2. The highest BCUT2D eigenvalue weighted by Crippen LogP contribution is 2.34. The van der Waals surface area contributed by atoms with Crippen molar-refractivity contribution < 1.29 is 0 Å². The largest absolute Gasteiger partial charge is 0.294 e. The van der Waals surface area contributed by atoms with E-state index in [-0.39, 0.29) is 5.56 Å². The van der Waals surface area contributed by atoms with E-state index in [9.17, 15) is 4.79 Å². The van der Waals surface area contributed by atoms with Crippen LogP contribution in [0.4, 0.5) is 0 Å². The molecule has 0 aliphatic carbocycles. The maximum atomic E-state index is 13.2. The van der Waals surface area contributed by atoms with Crippen molar-refractivity contribution in [2.45, 2.75) is 31.2 Å². The number of fused-ring (bicyclic) bond motifs is 3. The predicted molar refractivity (Wildman–Crippen MR) is 119 cm³/mol. The van der Waals surface area contributed by atoms with Crippen LogP contribution in [-0.2, 0) is 26.1 Å². The standard InChI is InChI=1S/C22H23N3OS2/c1-3-11-25-21(26)19-17-10-12-24(14-16-8-6-5-7-9-16)15-18(17)28-20(19)23-22(25)27-13-4-2/h3-9H,1-2,10-15H2. The normalized spacial score (nSPS) is 14.1. The second-order valence-electron chi connectivity index (χ2n) is 6.83. The summed E-state index contributed by atoms with van der Waals surface area (Å²) in [5.74, 6) is 0.727. The van der Waals surface area contributed by atoms with E-state index in [1.807, 2.05) is 12.1 Å².